The zero-order valence-electron chi connectivity index (χ0n) is 10.1. The quantitative estimate of drug-likeness (QED) is 0.778. The van der Waals surface area contributed by atoms with E-state index in [0.717, 1.165) is 6.26 Å². The number of rotatable bonds is 4. The Morgan fingerprint density at radius 2 is 2.10 bits per heavy atom. The molecule has 0 atom stereocenters. The molecule has 106 valence electrons. The molecule has 0 N–H and O–H groups in total. The summed E-state index contributed by atoms with van der Waals surface area (Å²) in [6.07, 6.45) is 2.35. The van der Waals surface area contributed by atoms with Crippen LogP contribution in [0.1, 0.15) is 15.9 Å². The van der Waals surface area contributed by atoms with Gasteiger partial charge >= 0.3 is 0 Å². The molecule has 2 aromatic rings. The van der Waals surface area contributed by atoms with E-state index in [1.165, 1.54) is 23.1 Å². The number of tetrazole rings is 1. The summed E-state index contributed by atoms with van der Waals surface area (Å²) >= 11 is 11.5. The smallest absolute Gasteiger partial charge is 0.253 e. The lowest BCUT2D eigenvalue weighted by molar-refractivity contribution is 0.108. The van der Waals surface area contributed by atoms with Gasteiger partial charge in [0.25, 0.3) is 5.24 Å². The molecule has 0 spiro atoms. The van der Waals surface area contributed by atoms with Gasteiger partial charge in [0, 0.05) is 11.8 Å². The lowest BCUT2D eigenvalue weighted by Crippen LogP contribution is -2.10. The van der Waals surface area contributed by atoms with E-state index < -0.39 is 15.1 Å². The second kappa shape index (κ2) is 5.47. The van der Waals surface area contributed by atoms with Crippen molar-refractivity contribution in [2.45, 2.75) is 11.4 Å². The number of nitrogens with zero attached hydrogens (tertiary/aromatic N) is 4. The van der Waals surface area contributed by atoms with Crippen LogP contribution in [0.15, 0.2) is 23.4 Å². The molecule has 2 rings (SSSR count). The minimum Gasteiger partial charge on any atom is -0.276 e. The van der Waals surface area contributed by atoms with Crippen molar-refractivity contribution < 1.29 is 13.2 Å². The Hall–Kier alpha value is -1.51. The number of aromatic nitrogens is 4. The molecule has 0 saturated carbocycles. The second-order valence-electron chi connectivity index (χ2n) is 3.96. The minimum absolute atomic E-state index is 0.000309. The van der Waals surface area contributed by atoms with Gasteiger partial charge in [-0.25, -0.2) is 13.1 Å². The Balaban J connectivity index is 2.65. The van der Waals surface area contributed by atoms with E-state index in [9.17, 15) is 13.2 Å². The summed E-state index contributed by atoms with van der Waals surface area (Å²) in [7, 11) is -3.52. The maximum atomic E-state index is 11.8. The van der Waals surface area contributed by atoms with Crippen molar-refractivity contribution in [3.8, 4) is 0 Å². The molecule has 0 fully saturated rings. The maximum absolute atomic E-state index is 11.8. The van der Waals surface area contributed by atoms with Crippen molar-refractivity contribution in [3.05, 3.63) is 34.6 Å². The molecular formula is C10H8Cl2N4O3S. The molecule has 0 aliphatic carbocycles. The summed E-state index contributed by atoms with van der Waals surface area (Å²) in [4.78, 5) is 11.3. The van der Waals surface area contributed by atoms with E-state index in [4.69, 9.17) is 23.2 Å². The third-order valence-corrected chi connectivity index (χ3v) is 4.34. The molecule has 1 aromatic heterocycles. The van der Waals surface area contributed by atoms with Crippen LogP contribution in [-0.4, -0.2) is 40.1 Å². The molecule has 0 aliphatic rings. The van der Waals surface area contributed by atoms with Crippen molar-refractivity contribution in [2.75, 3.05) is 6.26 Å². The predicted octanol–water partition coefficient (Wildman–Crippen LogP) is 1.16. The first-order valence-electron chi connectivity index (χ1n) is 5.22. The number of sulfone groups is 1. The van der Waals surface area contributed by atoms with Crippen LogP contribution in [0.3, 0.4) is 0 Å². The van der Waals surface area contributed by atoms with E-state index in [1.807, 2.05) is 0 Å². The summed E-state index contributed by atoms with van der Waals surface area (Å²) in [5.41, 5.74) is 0.247. The molecule has 0 aliphatic heterocycles. The van der Waals surface area contributed by atoms with Crippen molar-refractivity contribution in [3.63, 3.8) is 0 Å². The highest BCUT2D eigenvalue weighted by Crippen LogP contribution is 2.29. The van der Waals surface area contributed by atoms with Crippen LogP contribution < -0.4 is 0 Å². The standard InChI is InChI=1S/C10H8Cl2N4O3S/c1-20(18,19)8-3-2-6(10(12)17)9(11)7(8)4-16-5-13-14-15-16/h2-3,5H,4H2,1H3. The molecule has 0 saturated heterocycles. The fourth-order valence-corrected chi connectivity index (χ4v) is 3.17. The van der Waals surface area contributed by atoms with Crippen molar-refractivity contribution in [1.82, 2.24) is 20.2 Å². The Morgan fingerprint density at radius 1 is 1.40 bits per heavy atom. The van der Waals surface area contributed by atoms with Gasteiger partial charge in [-0.15, -0.1) is 5.10 Å². The van der Waals surface area contributed by atoms with Gasteiger partial charge in [-0.2, -0.15) is 0 Å². The number of hydrogen-bond donors (Lipinski definition) is 0. The van der Waals surface area contributed by atoms with Crippen LogP contribution in [0.2, 0.25) is 5.02 Å². The number of halogens is 2. The number of carbonyl (C=O) groups is 1. The average molecular weight is 335 g/mol. The Morgan fingerprint density at radius 3 is 2.60 bits per heavy atom. The van der Waals surface area contributed by atoms with Crippen molar-refractivity contribution >= 4 is 38.3 Å². The summed E-state index contributed by atoms with van der Waals surface area (Å²) in [6.45, 7) is 0.00620. The van der Waals surface area contributed by atoms with Gasteiger partial charge in [0.1, 0.15) is 6.33 Å². The van der Waals surface area contributed by atoms with E-state index in [2.05, 4.69) is 15.5 Å². The molecule has 7 nitrogen and oxygen atoms in total. The highest BCUT2D eigenvalue weighted by molar-refractivity contribution is 7.90. The lowest BCUT2D eigenvalue weighted by Gasteiger charge is -2.11. The molecule has 1 aromatic carbocycles. The molecule has 0 radical (unpaired) electrons. The van der Waals surface area contributed by atoms with Crippen LogP contribution in [0.4, 0.5) is 0 Å². The van der Waals surface area contributed by atoms with Gasteiger partial charge < -0.3 is 0 Å². The normalized spacial score (nSPS) is 11.6. The van der Waals surface area contributed by atoms with Crippen LogP contribution in [-0.2, 0) is 16.4 Å². The largest absolute Gasteiger partial charge is 0.276 e. The predicted molar refractivity (Wildman–Crippen MR) is 71.7 cm³/mol. The highest BCUT2D eigenvalue weighted by atomic mass is 35.5. The zero-order valence-corrected chi connectivity index (χ0v) is 12.4. The molecule has 10 heteroatoms. The molecule has 1 heterocycles. The first-order valence-corrected chi connectivity index (χ1v) is 7.87. The van der Waals surface area contributed by atoms with E-state index in [1.54, 1.807) is 0 Å². The molecule has 20 heavy (non-hydrogen) atoms. The fourth-order valence-electron chi connectivity index (χ4n) is 1.66. The summed E-state index contributed by atoms with van der Waals surface area (Å²) in [5, 5.41) is 9.73. The second-order valence-corrected chi connectivity index (χ2v) is 6.66. The van der Waals surface area contributed by atoms with Gasteiger partial charge in [-0.3, -0.25) is 4.79 Å². The highest BCUT2D eigenvalue weighted by Gasteiger charge is 2.21. The lowest BCUT2D eigenvalue weighted by atomic mass is 10.1. The van der Waals surface area contributed by atoms with Gasteiger partial charge in [0.15, 0.2) is 9.84 Å². The van der Waals surface area contributed by atoms with Crippen molar-refractivity contribution in [1.29, 1.82) is 0 Å². The minimum atomic E-state index is -3.52. The molecule has 0 unspecified atom stereocenters. The summed E-state index contributed by atoms with van der Waals surface area (Å²) in [6, 6.07) is 2.56. The van der Waals surface area contributed by atoms with Crippen LogP contribution >= 0.6 is 23.2 Å². The van der Waals surface area contributed by atoms with Gasteiger partial charge in [0.05, 0.1) is 22.0 Å². The molecule has 0 bridgehead atoms. The van der Waals surface area contributed by atoms with E-state index in [0.29, 0.717) is 0 Å². The van der Waals surface area contributed by atoms with Gasteiger partial charge in [-0.1, -0.05) is 11.6 Å². The van der Waals surface area contributed by atoms with E-state index >= 15 is 0 Å². The monoisotopic (exact) mass is 334 g/mol. The fraction of sp³-hybridized carbons (Fsp3) is 0.200. The van der Waals surface area contributed by atoms with Gasteiger partial charge in [0.2, 0.25) is 0 Å². The Labute approximate surface area is 124 Å². The Kier molecular flexibility index (Phi) is 4.07. The maximum Gasteiger partial charge on any atom is 0.253 e. The number of benzene rings is 1. The SMILES string of the molecule is CS(=O)(=O)c1ccc(C(=O)Cl)c(Cl)c1Cn1cnnn1. The van der Waals surface area contributed by atoms with E-state index in [-0.39, 0.29) is 27.6 Å². The average Bonchev–Trinajstić information content (AvgIpc) is 2.82. The third-order valence-electron chi connectivity index (χ3n) is 2.52. The van der Waals surface area contributed by atoms with Crippen molar-refractivity contribution in [2.24, 2.45) is 0 Å². The first-order chi connectivity index (χ1) is 9.30. The zero-order chi connectivity index (χ0) is 14.9. The van der Waals surface area contributed by atoms with Crippen LogP contribution in [0.5, 0.6) is 0 Å². The summed E-state index contributed by atoms with van der Waals surface area (Å²) < 4.78 is 24.8. The summed E-state index contributed by atoms with van der Waals surface area (Å²) in [5.74, 6) is 0. The Bertz CT molecular complexity index is 759. The van der Waals surface area contributed by atoms with Gasteiger partial charge in [-0.05, 0) is 34.2 Å². The number of hydrogen-bond acceptors (Lipinski definition) is 6. The number of carbonyl (C=O) groups excluding carboxylic acids is 1. The first kappa shape index (κ1) is 14.9. The third kappa shape index (κ3) is 2.97. The molecular weight excluding hydrogens is 327 g/mol. The molecule has 0 amide bonds. The van der Waals surface area contributed by atoms with Crippen LogP contribution in [0, 0.1) is 0 Å². The van der Waals surface area contributed by atoms with Crippen LogP contribution in [0.25, 0.3) is 0 Å². The topological polar surface area (TPSA) is 94.8 Å².